The van der Waals surface area contributed by atoms with Gasteiger partial charge in [-0.2, -0.15) is 0 Å². The quantitative estimate of drug-likeness (QED) is 0.727. The highest BCUT2D eigenvalue weighted by Gasteiger charge is 2.14. The third-order valence-corrected chi connectivity index (χ3v) is 3.74. The Morgan fingerprint density at radius 2 is 1.89 bits per heavy atom. The second kappa shape index (κ2) is 4.19. The Labute approximate surface area is 108 Å². The summed E-state index contributed by atoms with van der Waals surface area (Å²) >= 11 is 1.52. The molecule has 0 saturated heterocycles. The van der Waals surface area contributed by atoms with Crippen molar-refractivity contribution in [3.63, 3.8) is 0 Å². The van der Waals surface area contributed by atoms with Crippen molar-refractivity contribution in [3.8, 4) is 5.69 Å². The van der Waals surface area contributed by atoms with Crippen molar-refractivity contribution in [2.24, 2.45) is 5.73 Å². The second-order valence-electron chi connectivity index (χ2n) is 3.86. The molecule has 0 aliphatic rings. The second-order valence-corrected chi connectivity index (χ2v) is 4.91. The fourth-order valence-corrected chi connectivity index (χ4v) is 3.07. The number of carbonyl (C=O) groups is 1. The van der Waals surface area contributed by atoms with Gasteiger partial charge < -0.3 is 10.3 Å². The van der Waals surface area contributed by atoms with Gasteiger partial charge in [0, 0.05) is 22.5 Å². The van der Waals surface area contributed by atoms with Gasteiger partial charge in [0.25, 0.3) is 0 Å². The van der Waals surface area contributed by atoms with Crippen LogP contribution in [0, 0.1) is 0 Å². The SMILES string of the molecule is NC(=O)Nc1sc2ccccc2c1-n1cccc1. The van der Waals surface area contributed by atoms with E-state index in [0.29, 0.717) is 0 Å². The Kier molecular flexibility index (Phi) is 2.53. The van der Waals surface area contributed by atoms with Crippen LogP contribution >= 0.6 is 11.3 Å². The molecule has 0 fully saturated rings. The molecule has 3 rings (SSSR count). The highest BCUT2D eigenvalue weighted by molar-refractivity contribution is 7.23. The summed E-state index contributed by atoms with van der Waals surface area (Å²) in [6, 6.07) is 11.4. The largest absolute Gasteiger partial charge is 0.351 e. The van der Waals surface area contributed by atoms with E-state index in [2.05, 4.69) is 5.32 Å². The first kappa shape index (κ1) is 10.9. The molecule has 0 aliphatic heterocycles. The van der Waals surface area contributed by atoms with Crippen molar-refractivity contribution in [2.45, 2.75) is 0 Å². The van der Waals surface area contributed by atoms with E-state index in [0.717, 1.165) is 20.8 Å². The molecular formula is C13H11N3OS. The summed E-state index contributed by atoms with van der Waals surface area (Å²) in [5.74, 6) is 0. The number of urea groups is 1. The number of nitrogens with zero attached hydrogens (tertiary/aromatic N) is 1. The Morgan fingerprint density at radius 3 is 2.61 bits per heavy atom. The molecule has 0 aliphatic carbocycles. The van der Waals surface area contributed by atoms with Crippen LogP contribution < -0.4 is 11.1 Å². The maximum absolute atomic E-state index is 11.1. The van der Waals surface area contributed by atoms with Crippen molar-refractivity contribution in [3.05, 3.63) is 48.8 Å². The van der Waals surface area contributed by atoms with Crippen molar-refractivity contribution >= 4 is 32.5 Å². The van der Waals surface area contributed by atoms with Crippen LogP contribution in [0.25, 0.3) is 15.8 Å². The van der Waals surface area contributed by atoms with Gasteiger partial charge in [0.15, 0.2) is 0 Å². The molecule has 0 saturated carbocycles. The van der Waals surface area contributed by atoms with Gasteiger partial charge in [-0.05, 0) is 18.2 Å². The van der Waals surface area contributed by atoms with E-state index >= 15 is 0 Å². The van der Waals surface area contributed by atoms with E-state index in [1.54, 1.807) is 0 Å². The Balaban J connectivity index is 2.27. The molecule has 0 spiro atoms. The molecule has 0 radical (unpaired) electrons. The van der Waals surface area contributed by atoms with E-state index < -0.39 is 6.03 Å². The number of amides is 2. The molecule has 5 heteroatoms. The smallest absolute Gasteiger partial charge is 0.317 e. The lowest BCUT2D eigenvalue weighted by Crippen LogP contribution is -2.19. The Hall–Kier alpha value is -2.27. The maximum atomic E-state index is 11.1. The number of hydrogen-bond acceptors (Lipinski definition) is 2. The molecule has 2 aromatic heterocycles. The first-order chi connectivity index (χ1) is 8.75. The lowest BCUT2D eigenvalue weighted by atomic mass is 10.2. The zero-order valence-electron chi connectivity index (χ0n) is 9.46. The lowest BCUT2D eigenvalue weighted by Gasteiger charge is -2.05. The van der Waals surface area contributed by atoms with Gasteiger partial charge in [0.2, 0.25) is 0 Å². The maximum Gasteiger partial charge on any atom is 0.317 e. The molecule has 0 atom stereocenters. The van der Waals surface area contributed by atoms with E-state index in [9.17, 15) is 4.79 Å². The van der Waals surface area contributed by atoms with Crippen molar-refractivity contribution in [1.82, 2.24) is 4.57 Å². The Morgan fingerprint density at radius 1 is 1.17 bits per heavy atom. The van der Waals surface area contributed by atoms with Gasteiger partial charge in [-0.25, -0.2) is 4.79 Å². The number of primary amides is 1. The fourth-order valence-electron chi connectivity index (χ4n) is 1.97. The van der Waals surface area contributed by atoms with Gasteiger partial charge in [-0.1, -0.05) is 18.2 Å². The average molecular weight is 257 g/mol. The molecule has 0 unspecified atom stereocenters. The molecule has 18 heavy (non-hydrogen) atoms. The number of nitrogens with two attached hydrogens (primary N) is 1. The standard InChI is InChI=1S/C13H11N3OS/c14-13(17)15-12-11(16-7-3-4-8-16)9-5-1-2-6-10(9)18-12/h1-8H,(H3,14,15,17). The molecule has 0 bridgehead atoms. The molecule has 90 valence electrons. The zero-order valence-corrected chi connectivity index (χ0v) is 10.3. The summed E-state index contributed by atoms with van der Waals surface area (Å²) in [7, 11) is 0. The summed E-state index contributed by atoms with van der Waals surface area (Å²) in [5, 5.41) is 4.55. The third kappa shape index (κ3) is 1.74. The van der Waals surface area contributed by atoms with Crippen molar-refractivity contribution in [1.29, 1.82) is 0 Å². The normalized spacial score (nSPS) is 10.7. The number of fused-ring (bicyclic) bond motifs is 1. The topological polar surface area (TPSA) is 60.1 Å². The number of aromatic nitrogens is 1. The summed E-state index contributed by atoms with van der Waals surface area (Å²) in [6.45, 7) is 0. The first-order valence-corrected chi connectivity index (χ1v) is 6.28. The number of anilines is 1. The van der Waals surface area contributed by atoms with Crippen LogP contribution in [-0.4, -0.2) is 10.6 Å². The zero-order chi connectivity index (χ0) is 12.5. The summed E-state index contributed by atoms with van der Waals surface area (Å²) in [4.78, 5) is 11.1. The highest BCUT2D eigenvalue weighted by atomic mass is 32.1. The molecule has 3 N–H and O–H groups in total. The first-order valence-electron chi connectivity index (χ1n) is 5.47. The molecular weight excluding hydrogens is 246 g/mol. The number of hydrogen-bond donors (Lipinski definition) is 2. The number of thiophene rings is 1. The molecule has 2 heterocycles. The van der Waals surface area contributed by atoms with Crippen LogP contribution in [0.15, 0.2) is 48.8 Å². The Bertz CT molecular complexity index is 700. The monoisotopic (exact) mass is 257 g/mol. The van der Waals surface area contributed by atoms with Crippen LogP contribution in [0.4, 0.5) is 9.80 Å². The van der Waals surface area contributed by atoms with Gasteiger partial charge >= 0.3 is 6.03 Å². The van der Waals surface area contributed by atoms with Gasteiger partial charge in [-0.3, -0.25) is 5.32 Å². The number of rotatable bonds is 2. The third-order valence-electron chi connectivity index (χ3n) is 2.67. The van der Waals surface area contributed by atoms with Crippen LogP contribution in [0.3, 0.4) is 0 Å². The summed E-state index contributed by atoms with van der Waals surface area (Å²) in [6.07, 6.45) is 3.89. The van der Waals surface area contributed by atoms with Crippen LogP contribution in [0.2, 0.25) is 0 Å². The highest BCUT2D eigenvalue weighted by Crippen LogP contribution is 2.38. The van der Waals surface area contributed by atoms with E-state index in [1.165, 1.54) is 11.3 Å². The fraction of sp³-hybridized carbons (Fsp3) is 0. The van der Waals surface area contributed by atoms with E-state index in [4.69, 9.17) is 5.73 Å². The van der Waals surface area contributed by atoms with Crippen molar-refractivity contribution < 1.29 is 4.79 Å². The van der Waals surface area contributed by atoms with Crippen molar-refractivity contribution in [2.75, 3.05) is 5.32 Å². The minimum absolute atomic E-state index is 0.546. The minimum atomic E-state index is -0.546. The molecule has 3 aromatic rings. The predicted octanol–water partition coefficient (Wildman–Crippen LogP) is 3.18. The van der Waals surface area contributed by atoms with Gasteiger partial charge in [-0.15, -0.1) is 11.3 Å². The number of benzene rings is 1. The van der Waals surface area contributed by atoms with E-state index in [1.807, 2.05) is 53.4 Å². The van der Waals surface area contributed by atoms with Crippen LogP contribution in [0.5, 0.6) is 0 Å². The van der Waals surface area contributed by atoms with Gasteiger partial charge in [0.1, 0.15) is 5.00 Å². The van der Waals surface area contributed by atoms with Crippen LogP contribution in [-0.2, 0) is 0 Å². The average Bonchev–Trinajstić information content (AvgIpc) is 2.93. The number of nitrogens with one attached hydrogen (secondary N) is 1. The number of carbonyl (C=O) groups excluding carboxylic acids is 1. The summed E-state index contributed by atoms with van der Waals surface area (Å²) in [5.41, 5.74) is 6.17. The predicted molar refractivity (Wildman–Crippen MR) is 74.4 cm³/mol. The van der Waals surface area contributed by atoms with Gasteiger partial charge in [0.05, 0.1) is 5.69 Å². The lowest BCUT2D eigenvalue weighted by molar-refractivity contribution is 0.259. The van der Waals surface area contributed by atoms with E-state index in [-0.39, 0.29) is 0 Å². The summed E-state index contributed by atoms with van der Waals surface area (Å²) < 4.78 is 3.09. The molecule has 2 amide bonds. The molecule has 4 nitrogen and oxygen atoms in total. The molecule has 1 aromatic carbocycles. The minimum Gasteiger partial charge on any atom is -0.351 e. The van der Waals surface area contributed by atoms with Crippen LogP contribution in [0.1, 0.15) is 0 Å².